The monoisotopic (exact) mass is 349 g/mol. The topological polar surface area (TPSA) is 61.0 Å². The second kappa shape index (κ2) is 6.33. The van der Waals surface area contributed by atoms with Crippen molar-refractivity contribution in [3.8, 4) is 11.5 Å². The second-order valence-electron chi connectivity index (χ2n) is 6.38. The highest BCUT2D eigenvalue weighted by molar-refractivity contribution is 6.15. The van der Waals surface area contributed by atoms with Crippen LogP contribution >= 0.6 is 0 Å². The molecule has 1 aliphatic heterocycles. The lowest BCUT2D eigenvalue weighted by Crippen LogP contribution is -2.24. The molecule has 0 spiro atoms. The first-order chi connectivity index (χ1) is 12.6. The van der Waals surface area contributed by atoms with Crippen LogP contribution in [0, 0.1) is 0 Å². The molecule has 0 saturated carbocycles. The van der Waals surface area contributed by atoms with Crippen LogP contribution in [0.4, 0.5) is 0 Å². The lowest BCUT2D eigenvalue weighted by Gasteiger charge is -2.23. The fraction of sp³-hybridized carbons (Fsp3) is 0.238. The molecule has 0 bridgehead atoms. The molecule has 4 rings (SSSR count). The summed E-state index contributed by atoms with van der Waals surface area (Å²) in [4.78, 5) is 17.4. The van der Waals surface area contributed by atoms with E-state index >= 15 is 0 Å². The molecular weight excluding hydrogens is 330 g/mol. The number of benzene rings is 2. The minimum atomic E-state index is -0.391. The Bertz CT molecular complexity index is 1080. The average molecular weight is 349 g/mol. The summed E-state index contributed by atoms with van der Waals surface area (Å²) in [7, 11) is 3.21. The molecule has 0 amide bonds. The molecule has 5 nitrogen and oxygen atoms in total. The van der Waals surface area contributed by atoms with Crippen LogP contribution in [0.15, 0.2) is 56.7 Å². The molecule has 1 atom stereocenters. The molecule has 132 valence electrons. The van der Waals surface area contributed by atoms with Gasteiger partial charge in [-0.25, -0.2) is 4.79 Å². The van der Waals surface area contributed by atoms with E-state index in [0.29, 0.717) is 28.4 Å². The quantitative estimate of drug-likeness (QED) is 0.678. The largest absolute Gasteiger partial charge is 0.493 e. The van der Waals surface area contributed by atoms with E-state index in [4.69, 9.17) is 18.9 Å². The SMILES string of the molecule is COc1cc2c(cc1OC)C(c1cc3ccccc3oc1=O)=NC(C)C2. The fourth-order valence-electron chi connectivity index (χ4n) is 3.41. The molecule has 1 aliphatic rings. The molecule has 0 radical (unpaired) electrons. The van der Waals surface area contributed by atoms with Gasteiger partial charge in [-0.05, 0) is 43.2 Å². The van der Waals surface area contributed by atoms with Crippen molar-refractivity contribution in [3.63, 3.8) is 0 Å². The standard InChI is InChI=1S/C21H19NO4/c1-12-8-14-10-18(24-2)19(25-3)11-15(14)20(22-12)16-9-13-6-4-5-7-17(13)26-21(16)23/h4-7,9-12H,8H2,1-3H3. The highest BCUT2D eigenvalue weighted by Gasteiger charge is 2.25. The minimum Gasteiger partial charge on any atom is -0.493 e. The smallest absolute Gasteiger partial charge is 0.345 e. The van der Waals surface area contributed by atoms with Crippen LogP contribution in [-0.4, -0.2) is 26.0 Å². The van der Waals surface area contributed by atoms with Crippen molar-refractivity contribution in [2.45, 2.75) is 19.4 Å². The van der Waals surface area contributed by atoms with Gasteiger partial charge in [0.15, 0.2) is 11.5 Å². The predicted octanol–water partition coefficient (Wildman–Crippen LogP) is 3.59. The second-order valence-corrected chi connectivity index (χ2v) is 6.38. The van der Waals surface area contributed by atoms with Crippen LogP contribution in [-0.2, 0) is 6.42 Å². The van der Waals surface area contributed by atoms with Gasteiger partial charge in [-0.2, -0.15) is 0 Å². The normalized spacial score (nSPS) is 16.1. The van der Waals surface area contributed by atoms with Crippen molar-refractivity contribution in [2.75, 3.05) is 14.2 Å². The summed E-state index contributed by atoms with van der Waals surface area (Å²) in [5, 5.41) is 0.866. The lowest BCUT2D eigenvalue weighted by atomic mass is 9.90. The molecule has 2 heterocycles. The molecule has 0 fully saturated rings. The highest BCUT2D eigenvalue weighted by atomic mass is 16.5. The Hall–Kier alpha value is -3.08. The zero-order chi connectivity index (χ0) is 18.3. The third-order valence-electron chi connectivity index (χ3n) is 4.63. The molecule has 5 heteroatoms. The van der Waals surface area contributed by atoms with Gasteiger partial charge in [0.1, 0.15) is 5.58 Å². The Labute approximate surface area is 150 Å². The summed E-state index contributed by atoms with van der Waals surface area (Å²) in [5.74, 6) is 1.28. The molecule has 1 aromatic heterocycles. The highest BCUT2D eigenvalue weighted by Crippen LogP contribution is 2.34. The first kappa shape index (κ1) is 16.4. The van der Waals surface area contributed by atoms with Gasteiger partial charge in [0.2, 0.25) is 0 Å². The van der Waals surface area contributed by atoms with Crippen LogP contribution in [0.5, 0.6) is 11.5 Å². The zero-order valence-electron chi connectivity index (χ0n) is 14.9. The maximum absolute atomic E-state index is 12.6. The van der Waals surface area contributed by atoms with Crippen molar-refractivity contribution in [3.05, 3.63) is 69.6 Å². The van der Waals surface area contributed by atoms with Crippen molar-refractivity contribution >= 4 is 16.7 Å². The Morgan fingerprint density at radius 2 is 1.77 bits per heavy atom. The summed E-state index contributed by atoms with van der Waals surface area (Å²) in [6.45, 7) is 2.03. The van der Waals surface area contributed by atoms with Gasteiger partial charge >= 0.3 is 5.63 Å². The van der Waals surface area contributed by atoms with Crippen LogP contribution in [0.2, 0.25) is 0 Å². The Morgan fingerprint density at radius 3 is 2.54 bits per heavy atom. The lowest BCUT2D eigenvalue weighted by molar-refractivity contribution is 0.354. The van der Waals surface area contributed by atoms with Crippen LogP contribution in [0.25, 0.3) is 11.0 Å². The molecule has 3 aromatic rings. The number of ether oxygens (including phenoxy) is 2. The van der Waals surface area contributed by atoms with Gasteiger partial charge in [-0.15, -0.1) is 0 Å². The number of para-hydroxylation sites is 1. The van der Waals surface area contributed by atoms with Crippen molar-refractivity contribution in [1.82, 2.24) is 0 Å². The van der Waals surface area contributed by atoms with Gasteiger partial charge in [0, 0.05) is 10.9 Å². The summed E-state index contributed by atoms with van der Waals surface area (Å²) in [5.41, 5.74) is 3.23. The number of aliphatic imine (C=N–C) groups is 1. The van der Waals surface area contributed by atoms with Crippen LogP contribution < -0.4 is 15.1 Å². The van der Waals surface area contributed by atoms with E-state index in [9.17, 15) is 4.79 Å². The molecule has 1 unspecified atom stereocenters. The predicted molar refractivity (Wildman–Crippen MR) is 101 cm³/mol. The molecular formula is C21H19NO4. The van der Waals surface area contributed by atoms with E-state index in [0.717, 1.165) is 22.9 Å². The van der Waals surface area contributed by atoms with Crippen LogP contribution in [0.3, 0.4) is 0 Å². The number of rotatable bonds is 3. The Morgan fingerprint density at radius 1 is 1.04 bits per heavy atom. The molecule has 2 aromatic carbocycles. The van der Waals surface area contributed by atoms with Crippen molar-refractivity contribution in [2.24, 2.45) is 4.99 Å². The maximum Gasteiger partial charge on any atom is 0.345 e. The number of hydrogen-bond donors (Lipinski definition) is 0. The number of methoxy groups -OCH3 is 2. The molecule has 0 aliphatic carbocycles. The van der Waals surface area contributed by atoms with Crippen molar-refractivity contribution < 1.29 is 13.9 Å². The van der Waals surface area contributed by atoms with Gasteiger partial charge in [-0.3, -0.25) is 4.99 Å². The average Bonchev–Trinajstić information content (AvgIpc) is 2.65. The summed E-state index contributed by atoms with van der Waals surface area (Å²) < 4.78 is 16.4. The minimum absolute atomic E-state index is 0.0569. The molecule has 26 heavy (non-hydrogen) atoms. The first-order valence-corrected chi connectivity index (χ1v) is 8.47. The number of nitrogens with zero attached hydrogens (tertiary/aromatic N) is 1. The van der Waals surface area contributed by atoms with E-state index in [2.05, 4.69) is 0 Å². The molecule has 0 N–H and O–H groups in total. The zero-order valence-corrected chi connectivity index (χ0v) is 14.9. The summed E-state index contributed by atoms with van der Waals surface area (Å²) >= 11 is 0. The van der Waals surface area contributed by atoms with Crippen molar-refractivity contribution in [1.29, 1.82) is 0 Å². The third kappa shape index (κ3) is 2.65. The fourth-order valence-corrected chi connectivity index (χ4v) is 3.41. The van der Waals surface area contributed by atoms with Gasteiger partial charge in [0.05, 0.1) is 31.5 Å². The van der Waals surface area contributed by atoms with Crippen LogP contribution in [0.1, 0.15) is 23.6 Å². The number of hydrogen-bond acceptors (Lipinski definition) is 5. The van der Waals surface area contributed by atoms with Gasteiger partial charge in [0.25, 0.3) is 0 Å². The first-order valence-electron chi connectivity index (χ1n) is 8.47. The van der Waals surface area contributed by atoms with Gasteiger partial charge in [-0.1, -0.05) is 18.2 Å². The van der Waals surface area contributed by atoms with E-state index < -0.39 is 5.63 Å². The van der Waals surface area contributed by atoms with E-state index in [1.807, 2.05) is 43.3 Å². The third-order valence-corrected chi connectivity index (χ3v) is 4.63. The van der Waals surface area contributed by atoms with E-state index in [1.165, 1.54) is 0 Å². The van der Waals surface area contributed by atoms with E-state index in [1.54, 1.807) is 20.3 Å². The molecule has 0 saturated heterocycles. The number of fused-ring (bicyclic) bond motifs is 2. The van der Waals surface area contributed by atoms with Gasteiger partial charge < -0.3 is 13.9 Å². The maximum atomic E-state index is 12.6. The Balaban J connectivity index is 1.95. The summed E-state index contributed by atoms with van der Waals surface area (Å²) in [6.07, 6.45) is 0.776. The summed E-state index contributed by atoms with van der Waals surface area (Å²) in [6, 6.07) is 13.2. The van der Waals surface area contributed by atoms with E-state index in [-0.39, 0.29) is 6.04 Å². The Kier molecular flexibility index (Phi) is 3.99.